The van der Waals surface area contributed by atoms with Crippen molar-refractivity contribution in [3.8, 4) is 0 Å². The van der Waals surface area contributed by atoms with E-state index in [4.69, 9.17) is 14.4 Å². The van der Waals surface area contributed by atoms with E-state index < -0.39 is 19.8 Å². The number of rotatable bonds is 7. The lowest BCUT2D eigenvalue weighted by Crippen LogP contribution is -2.32. The van der Waals surface area contributed by atoms with Crippen LogP contribution in [0.3, 0.4) is 0 Å². The zero-order valence-electron chi connectivity index (χ0n) is 13.2. The van der Waals surface area contributed by atoms with Crippen molar-refractivity contribution in [1.82, 2.24) is 5.32 Å². The summed E-state index contributed by atoms with van der Waals surface area (Å²) in [7, 11) is -3.05. The lowest BCUT2D eigenvalue weighted by molar-refractivity contribution is -0.170. The molecule has 0 aromatic carbocycles. The molecule has 1 fully saturated rings. The Bertz CT molecular complexity index is 416. The van der Waals surface area contributed by atoms with E-state index >= 15 is 0 Å². The van der Waals surface area contributed by atoms with Crippen molar-refractivity contribution < 1.29 is 28.5 Å². The highest BCUT2D eigenvalue weighted by atomic mass is 31.2. The molecule has 0 aromatic heterocycles. The van der Waals surface area contributed by atoms with Gasteiger partial charge in [0.25, 0.3) is 0 Å². The Morgan fingerprint density at radius 2 is 1.91 bits per heavy atom. The van der Waals surface area contributed by atoms with Crippen LogP contribution >= 0.6 is 7.37 Å². The number of amides is 1. The highest BCUT2D eigenvalue weighted by molar-refractivity contribution is 7.57. The van der Waals surface area contributed by atoms with Gasteiger partial charge in [0.2, 0.25) is 6.29 Å². The van der Waals surface area contributed by atoms with Gasteiger partial charge in [-0.15, -0.1) is 0 Å². The molecule has 1 aliphatic rings. The van der Waals surface area contributed by atoms with Gasteiger partial charge < -0.3 is 19.7 Å². The van der Waals surface area contributed by atoms with Gasteiger partial charge in [-0.1, -0.05) is 19.3 Å². The van der Waals surface area contributed by atoms with E-state index in [1.54, 1.807) is 0 Å². The van der Waals surface area contributed by atoms with Crippen LogP contribution in [0.1, 0.15) is 45.4 Å². The molecule has 0 radical (unpaired) electrons. The van der Waals surface area contributed by atoms with Gasteiger partial charge in [0.15, 0.2) is 7.37 Å². The minimum absolute atomic E-state index is 0.0916. The Labute approximate surface area is 131 Å². The minimum atomic E-state index is -3.05. The summed E-state index contributed by atoms with van der Waals surface area (Å²) in [5.41, 5.74) is 0. The van der Waals surface area contributed by atoms with E-state index in [0.29, 0.717) is 6.42 Å². The fraction of sp³-hybridized carbons (Fsp3) is 0.857. The molecule has 1 aliphatic carbocycles. The first kappa shape index (κ1) is 19.0. The highest BCUT2D eigenvalue weighted by Crippen LogP contribution is 2.35. The average molecular weight is 335 g/mol. The molecule has 1 saturated carbocycles. The van der Waals surface area contributed by atoms with Crippen molar-refractivity contribution in [3.05, 3.63) is 0 Å². The minimum Gasteiger partial charge on any atom is -0.425 e. The van der Waals surface area contributed by atoms with E-state index in [0.717, 1.165) is 32.1 Å². The van der Waals surface area contributed by atoms with Crippen molar-refractivity contribution in [2.45, 2.75) is 51.7 Å². The van der Waals surface area contributed by atoms with Crippen LogP contribution in [0, 0.1) is 5.92 Å². The molecule has 0 saturated heterocycles. The van der Waals surface area contributed by atoms with Crippen LogP contribution in [0.15, 0.2) is 0 Å². The standard InChI is InChI=1S/C14H26NO6P/c1-11(20-13(16)12-7-4-3-5-8-12)21-14(17)15-9-6-10-22(2,18)19/h11-12H,3-10H2,1-2H3,(H,15,17)(H,18,19). The predicted octanol–water partition coefficient (Wildman–Crippen LogP) is 2.47. The van der Waals surface area contributed by atoms with Gasteiger partial charge in [0, 0.05) is 26.3 Å². The van der Waals surface area contributed by atoms with Gasteiger partial charge in [0.05, 0.1) is 5.92 Å². The van der Waals surface area contributed by atoms with Gasteiger partial charge in [-0.05, 0) is 19.3 Å². The van der Waals surface area contributed by atoms with Crippen molar-refractivity contribution in [2.24, 2.45) is 5.92 Å². The topological polar surface area (TPSA) is 102 Å². The summed E-state index contributed by atoms with van der Waals surface area (Å²) in [5, 5.41) is 2.45. The summed E-state index contributed by atoms with van der Waals surface area (Å²) in [5.74, 6) is -0.404. The zero-order valence-corrected chi connectivity index (χ0v) is 14.1. The summed E-state index contributed by atoms with van der Waals surface area (Å²) in [6, 6.07) is 0. The Kier molecular flexibility index (Phi) is 7.90. The number of ether oxygens (including phenoxy) is 2. The molecule has 8 heteroatoms. The average Bonchev–Trinajstić information content (AvgIpc) is 2.43. The largest absolute Gasteiger partial charge is 0.425 e. The van der Waals surface area contributed by atoms with Crippen LogP contribution in [-0.4, -0.2) is 42.6 Å². The second-order valence-corrected chi connectivity index (χ2v) is 8.35. The van der Waals surface area contributed by atoms with Gasteiger partial charge >= 0.3 is 12.1 Å². The number of alkyl carbamates (subject to hydrolysis) is 1. The fourth-order valence-corrected chi connectivity index (χ4v) is 3.12. The first-order valence-corrected chi connectivity index (χ1v) is 10.0. The molecule has 128 valence electrons. The molecule has 22 heavy (non-hydrogen) atoms. The van der Waals surface area contributed by atoms with Crippen LogP contribution < -0.4 is 5.32 Å². The molecular formula is C14H26NO6P. The van der Waals surface area contributed by atoms with Crippen LogP contribution in [0.4, 0.5) is 4.79 Å². The fourth-order valence-electron chi connectivity index (χ4n) is 2.38. The van der Waals surface area contributed by atoms with Gasteiger partial charge in [-0.25, -0.2) is 4.79 Å². The first-order valence-electron chi connectivity index (χ1n) is 7.72. The monoisotopic (exact) mass is 335 g/mol. The Morgan fingerprint density at radius 3 is 2.50 bits per heavy atom. The van der Waals surface area contributed by atoms with Gasteiger partial charge in [0.1, 0.15) is 0 Å². The number of hydrogen-bond acceptors (Lipinski definition) is 5. The van der Waals surface area contributed by atoms with Gasteiger partial charge in [-0.3, -0.25) is 9.36 Å². The molecule has 2 unspecified atom stereocenters. The molecule has 0 aliphatic heterocycles. The summed E-state index contributed by atoms with van der Waals surface area (Å²) in [6.07, 6.45) is 3.75. The Balaban J connectivity index is 2.17. The number of carbonyl (C=O) groups excluding carboxylic acids is 2. The number of hydrogen-bond donors (Lipinski definition) is 2. The van der Waals surface area contributed by atoms with E-state index in [1.807, 2.05) is 0 Å². The van der Waals surface area contributed by atoms with Crippen LogP contribution in [0.2, 0.25) is 0 Å². The number of nitrogens with one attached hydrogen (secondary N) is 1. The number of esters is 1. The summed E-state index contributed by atoms with van der Waals surface area (Å²) >= 11 is 0. The lowest BCUT2D eigenvalue weighted by Gasteiger charge is -2.22. The third-order valence-corrected chi connectivity index (χ3v) is 4.66. The second kappa shape index (κ2) is 9.16. The molecule has 0 heterocycles. The van der Waals surface area contributed by atoms with Crippen LogP contribution in [0.25, 0.3) is 0 Å². The van der Waals surface area contributed by atoms with Crippen molar-refractivity contribution in [1.29, 1.82) is 0 Å². The van der Waals surface area contributed by atoms with Crippen LogP contribution in [-0.2, 0) is 18.8 Å². The summed E-state index contributed by atoms with van der Waals surface area (Å²) in [6.45, 7) is 3.01. The lowest BCUT2D eigenvalue weighted by atomic mass is 9.89. The third-order valence-electron chi connectivity index (χ3n) is 3.51. The van der Waals surface area contributed by atoms with Crippen molar-refractivity contribution in [2.75, 3.05) is 19.4 Å². The van der Waals surface area contributed by atoms with Crippen molar-refractivity contribution in [3.63, 3.8) is 0 Å². The molecule has 2 atom stereocenters. The molecule has 0 bridgehead atoms. The maximum atomic E-state index is 11.9. The normalized spacial score (nSPS) is 19.8. The first-order chi connectivity index (χ1) is 10.3. The third kappa shape index (κ3) is 8.39. The summed E-state index contributed by atoms with van der Waals surface area (Å²) in [4.78, 5) is 32.5. The Hall–Kier alpha value is -1.07. The molecule has 2 N–H and O–H groups in total. The zero-order chi connectivity index (χ0) is 16.6. The SMILES string of the molecule is CC(OC(=O)NCCCP(C)(=O)O)OC(=O)C1CCCCC1. The summed E-state index contributed by atoms with van der Waals surface area (Å²) < 4.78 is 21.1. The molecule has 1 amide bonds. The number of carbonyl (C=O) groups is 2. The molecular weight excluding hydrogens is 309 g/mol. The van der Waals surface area contributed by atoms with Crippen molar-refractivity contribution >= 4 is 19.4 Å². The Morgan fingerprint density at radius 1 is 1.27 bits per heavy atom. The highest BCUT2D eigenvalue weighted by Gasteiger charge is 2.25. The van der Waals surface area contributed by atoms with Crippen LogP contribution in [0.5, 0.6) is 0 Å². The molecule has 1 rings (SSSR count). The maximum Gasteiger partial charge on any atom is 0.410 e. The van der Waals surface area contributed by atoms with Gasteiger partial charge in [-0.2, -0.15) is 0 Å². The quantitative estimate of drug-likeness (QED) is 0.321. The predicted molar refractivity (Wildman–Crippen MR) is 81.8 cm³/mol. The van der Waals surface area contributed by atoms with E-state index in [9.17, 15) is 14.2 Å². The van der Waals surface area contributed by atoms with E-state index in [2.05, 4.69) is 5.32 Å². The smallest absolute Gasteiger partial charge is 0.410 e. The molecule has 7 nitrogen and oxygen atoms in total. The second-order valence-electron chi connectivity index (χ2n) is 5.80. The van der Waals surface area contributed by atoms with E-state index in [-0.39, 0.29) is 24.6 Å². The van der Waals surface area contributed by atoms with E-state index in [1.165, 1.54) is 13.6 Å². The molecule has 0 spiro atoms. The maximum absolute atomic E-state index is 11.9. The molecule has 0 aromatic rings.